The molecule has 382 valence electrons. The van der Waals surface area contributed by atoms with Gasteiger partial charge in [0.2, 0.25) is 0 Å². The van der Waals surface area contributed by atoms with Crippen LogP contribution in [0.1, 0.15) is 167 Å². The molecule has 74 heavy (non-hydrogen) atoms. The largest absolute Gasteiger partial charge is 0.393 e. The highest BCUT2D eigenvalue weighted by Gasteiger charge is 2.41. The second kappa shape index (κ2) is 22.2. The van der Waals surface area contributed by atoms with Gasteiger partial charge < -0.3 is 14.2 Å². The molecule has 3 saturated carbocycles. The quantitative estimate of drug-likeness (QED) is 0.0966. The molecular formula is C59H56O15. The Morgan fingerprint density at radius 3 is 0.851 bits per heavy atom. The fourth-order valence-corrected chi connectivity index (χ4v) is 11.1. The summed E-state index contributed by atoms with van der Waals surface area (Å²) in [5.41, 5.74) is 6.63. The van der Waals surface area contributed by atoms with Crippen molar-refractivity contribution in [3.05, 3.63) is 130 Å². The number of rotatable bonds is 7. The van der Waals surface area contributed by atoms with Gasteiger partial charge in [0.1, 0.15) is 34.7 Å². The lowest BCUT2D eigenvalue weighted by Crippen LogP contribution is -2.37. The van der Waals surface area contributed by atoms with E-state index in [1.54, 1.807) is 0 Å². The monoisotopic (exact) mass is 1000 g/mol. The van der Waals surface area contributed by atoms with Crippen molar-refractivity contribution in [1.82, 2.24) is 0 Å². The maximum Gasteiger partial charge on any atom is 0.314 e. The van der Waals surface area contributed by atoms with Crippen molar-refractivity contribution in [2.45, 2.75) is 145 Å². The van der Waals surface area contributed by atoms with Gasteiger partial charge in [0.05, 0.1) is 57.8 Å². The number of cyclic esters (lactones) is 6. The number of hydrogen-bond donors (Lipinski definition) is 0. The molecule has 3 aliphatic heterocycles. The van der Waals surface area contributed by atoms with Crippen molar-refractivity contribution >= 4 is 70.5 Å². The third kappa shape index (κ3) is 13.1. The molecule has 0 radical (unpaired) electrons. The van der Waals surface area contributed by atoms with Gasteiger partial charge in [0.15, 0.2) is 0 Å². The van der Waals surface area contributed by atoms with Crippen LogP contribution in [0.2, 0.25) is 0 Å². The zero-order valence-electron chi connectivity index (χ0n) is 41.3. The summed E-state index contributed by atoms with van der Waals surface area (Å²) in [4.78, 5) is 139. The maximum atomic E-state index is 11.8. The lowest BCUT2D eigenvalue weighted by Gasteiger charge is -2.34. The standard InChI is InChI=1S/C23H20O5.C19H20O5.C17H16O5/c24-20-9-18(10-21(25)13-20)16-5-1-14(2-6-16)15-3-7-17(8-4-15)19-11-22(26)28-23(27)12-19;1-18(8-14(20)7-15(21)9-18)12-3-5-13(6-4-12)19(2)10-16(22)24-17(23)11-19;18-14-5-12(6-15(19)9-14)10-1-3-11(4-2-10)13-7-16(20)22-17(21)8-13/h1-8,18-19H,9-13H2;3-6H,7-11H2,1-2H3;1-4,12-13H,5-9H2. The Kier molecular flexibility index (Phi) is 15.8. The summed E-state index contributed by atoms with van der Waals surface area (Å²) < 4.78 is 13.7. The zero-order chi connectivity index (χ0) is 52.9. The number of carbonyl (C=O) groups is 12. The van der Waals surface area contributed by atoms with E-state index in [0.717, 1.165) is 44.5 Å². The first kappa shape index (κ1) is 52.6. The molecule has 10 rings (SSSR count). The molecule has 0 aromatic heterocycles. The van der Waals surface area contributed by atoms with E-state index in [-0.39, 0.29) is 116 Å². The number of ketones is 6. The summed E-state index contributed by atoms with van der Waals surface area (Å²) in [6.07, 6.45) is 3.72. The first-order valence-corrected chi connectivity index (χ1v) is 24.9. The highest BCUT2D eigenvalue weighted by Crippen LogP contribution is 2.40. The zero-order valence-corrected chi connectivity index (χ0v) is 41.3. The Morgan fingerprint density at radius 2 is 0.541 bits per heavy atom. The van der Waals surface area contributed by atoms with Crippen LogP contribution in [0.15, 0.2) is 97.1 Å². The lowest BCUT2D eigenvalue weighted by molar-refractivity contribution is -0.167. The molecule has 4 aromatic carbocycles. The van der Waals surface area contributed by atoms with Crippen molar-refractivity contribution in [1.29, 1.82) is 0 Å². The molecule has 15 nitrogen and oxygen atoms in total. The molecule has 3 aliphatic carbocycles. The van der Waals surface area contributed by atoms with Gasteiger partial charge in [-0.15, -0.1) is 0 Å². The SMILES string of the molecule is CC1(c2ccc(C3(C)CC(=O)OC(=O)C3)cc2)CC(=O)CC(=O)C1.O=C1CC(=O)CC(c2ccc(-c3ccc(C4CC(=O)OC(=O)C4)cc3)cc2)C1.O=C1CC(=O)CC(c2ccc(C3CC(=O)OC(=O)C3)cc2)C1. The minimum Gasteiger partial charge on any atom is -0.393 e. The van der Waals surface area contributed by atoms with E-state index in [1.807, 2.05) is 111 Å². The Morgan fingerprint density at radius 1 is 0.297 bits per heavy atom. The minimum atomic E-state index is -0.579. The van der Waals surface area contributed by atoms with Crippen LogP contribution in [-0.4, -0.2) is 70.5 Å². The molecule has 0 bridgehead atoms. The minimum absolute atomic E-state index is 0.00838. The van der Waals surface area contributed by atoms with E-state index in [9.17, 15) is 57.5 Å². The molecule has 3 heterocycles. The third-order valence-corrected chi connectivity index (χ3v) is 14.9. The Balaban J connectivity index is 0.000000149. The lowest BCUT2D eigenvalue weighted by atomic mass is 9.69. The van der Waals surface area contributed by atoms with E-state index in [2.05, 4.69) is 14.2 Å². The predicted octanol–water partition coefficient (Wildman–Crippen LogP) is 8.13. The molecule has 15 heteroatoms. The van der Waals surface area contributed by atoms with Crippen molar-refractivity contribution in [2.75, 3.05) is 0 Å². The summed E-state index contributed by atoms with van der Waals surface area (Å²) in [7, 11) is 0. The summed E-state index contributed by atoms with van der Waals surface area (Å²) in [5, 5.41) is 0. The van der Waals surface area contributed by atoms with Crippen LogP contribution in [0.4, 0.5) is 0 Å². The van der Waals surface area contributed by atoms with E-state index >= 15 is 0 Å². The predicted molar refractivity (Wildman–Crippen MR) is 263 cm³/mol. The Hall–Kier alpha value is -7.68. The highest BCUT2D eigenvalue weighted by molar-refractivity contribution is 6.04. The third-order valence-electron chi connectivity index (χ3n) is 14.9. The summed E-state index contributed by atoms with van der Waals surface area (Å²) in [6, 6.07) is 30.9. The van der Waals surface area contributed by atoms with Crippen molar-refractivity contribution in [3.8, 4) is 11.1 Å². The average Bonchev–Trinajstić information content (AvgIpc) is 3.33. The molecule has 0 atom stereocenters. The number of hydrogen-bond acceptors (Lipinski definition) is 15. The van der Waals surface area contributed by atoms with E-state index in [1.165, 1.54) is 0 Å². The average molecular weight is 1010 g/mol. The molecule has 0 N–H and O–H groups in total. The molecule has 0 amide bonds. The van der Waals surface area contributed by atoms with Crippen molar-refractivity contribution in [2.24, 2.45) is 0 Å². The maximum absolute atomic E-state index is 11.8. The van der Waals surface area contributed by atoms with Gasteiger partial charge in [0, 0.05) is 61.2 Å². The van der Waals surface area contributed by atoms with Gasteiger partial charge in [-0.05, 0) is 56.3 Å². The van der Waals surface area contributed by atoms with E-state index < -0.39 is 46.6 Å². The van der Waals surface area contributed by atoms with Gasteiger partial charge >= 0.3 is 35.8 Å². The van der Waals surface area contributed by atoms with E-state index in [4.69, 9.17) is 0 Å². The Labute approximate surface area is 427 Å². The van der Waals surface area contributed by atoms with Crippen LogP contribution >= 0.6 is 0 Å². The molecule has 0 unspecified atom stereocenters. The van der Waals surface area contributed by atoms with Gasteiger partial charge in [0.25, 0.3) is 0 Å². The number of Topliss-reactive ketones (excluding diaryl/α,β-unsaturated/α-hetero) is 6. The molecule has 4 aromatic rings. The molecule has 6 fully saturated rings. The van der Waals surface area contributed by atoms with Crippen LogP contribution < -0.4 is 0 Å². The highest BCUT2D eigenvalue weighted by atomic mass is 16.6. The molecule has 0 spiro atoms. The second-order valence-corrected chi connectivity index (χ2v) is 21.0. The van der Waals surface area contributed by atoms with Crippen LogP contribution in [-0.2, 0) is 82.6 Å². The van der Waals surface area contributed by atoms with E-state index in [0.29, 0.717) is 38.5 Å². The van der Waals surface area contributed by atoms with Crippen LogP contribution in [0.25, 0.3) is 11.1 Å². The summed E-state index contributed by atoms with van der Waals surface area (Å²) in [6.45, 7) is 3.80. The van der Waals surface area contributed by atoms with Gasteiger partial charge in [-0.25, -0.2) is 0 Å². The summed E-state index contributed by atoms with van der Waals surface area (Å²) >= 11 is 0. The van der Waals surface area contributed by atoms with Gasteiger partial charge in [-0.3, -0.25) is 57.5 Å². The van der Waals surface area contributed by atoms with Crippen LogP contribution in [0.3, 0.4) is 0 Å². The number of benzene rings is 4. The Bertz CT molecular complexity index is 2650. The molecule has 6 aliphatic rings. The van der Waals surface area contributed by atoms with Gasteiger partial charge in [-0.2, -0.15) is 0 Å². The van der Waals surface area contributed by atoms with Gasteiger partial charge in [-0.1, -0.05) is 111 Å². The summed E-state index contributed by atoms with van der Waals surface area (Å²) in [5.74, 6) is -3.33. The number of esters is 6. The first-order valence-electron chi connectivity index (χ1n) is 24.9. The number of carbonyl (C=O) groups excluding carboxylic acids is 12. The first-order chi connectivity index (χ1) is 35.2. The van der Waals surface area contributed by atoms with Crippen molar-refractivity contribution < 1.29 is 71.7 Å². The molecular weight excluding hydrogens is 949 g/mol. The fourth-order valence-electron chi connectivity index (χ4n) is 11.1. The normalized spacial score (nSPS) is 20.9. The van der Waals surface area contributed by atoms with Crippen LogP contribution in [0.5, 0.6) is 0 Å². The topological polar surface area (TPSA) is 233 Å². The fraction of sp³-hybridized carbons (Fsp3) is 0.390. The van der Waals surface area contributed by atoms with Crippen molar-refractivity contribution in [3.63, 3.8) is 0 Å². The number of ether oxygens (including phenoxy) is 3. The molecule has 3 saturated heterocycles. The van der Waals surface area contributed by atoms with Crippen LogP contribution in [0, 0.1) is 0 Å². The second-order valence-electron chi connectivity index (χ2n) is 21.0. The smallest absolute Gasteiger partial charge is 0.314 e.